The molecular weight excluding hydrogens is 374 g/mol. The number of benzene rings is 2. The molecule has 0 spiro atoms. The Kier molecular flexibility index (Phi) is 5.19. The van der Waals surface area contributed by atoms with Crippen molar-refractivity contribution in [2.45, 2.75) is 32.5 Å². The number of ether oxygens (including phenoxy) is 1. The molecule has 0 amide bonds. The van der Waals surface area contributed by atoms with Crippen molar-refractivity contribution < 1.29 is 27.1 Å². The molecule has 0 saturated heterocycles. The smallest absolute Gasteiger partial charge is 0.416 e. The van der Waals surface area contributed by atoms with Gasteiger partial charge in [-0.2, -0.15) is 13.2 Å². The van der Waals surface area contributed by atoms with Crippen LogP contribution in [0.1, 0.15) is 47.1 Å². The number of carbonyl (C=O) groups is 1. The van der Waals surface area contributed by atoms with Gasteiger partial charge in [0, 0.05) is 29.1 Å². The largest absolute Gasteiger partial charge is 0.465 e. The number of alkyl halides is 3. The van der Waals surface area contributed by atoms with Crippen LogP contribution in [0.4, 0.5) is 17.6 Å². The summed E-state index contributed by atoms with van der Waals surface area (Å²) >= 11 is 0. The molecule has 7 heteroatoms. The highest BCUT2D eigenvalue weighted by atomic mass is 19.4. The average molecular weight is 393 g/mol. The predicted octanol–water partition coefficient (Wildman–Crippen LogP) is 5.76. The van der Waals surface area contributed by atoms with Gasteiger partial charge >= 0.3 is 12.1 Å². The molecule has 0 fully saturated rings. The molecule has 0 unspecified atom stereocenters. The molecule has 0 radical (unpaired) electrons. The van der Waals surface area contributed by atoms with E-state index in [0.29, 0.717) is 11.6 Å². The molecule has 1 heterocycles. The van der Waals surface area contributed by atoms with Crippen molar-refractivity contribution in [3.63, 3.8) is 0 Å². The van der Waals surface area contributed by atoms with Crippen LogP contribution >= 0.6 is 0 Å². The first kappa shape index (κ1) is 19.9. The summed E-state index contributed by atoms with van der Waals surface area (Å²) in [6, 6.07) is 9.55. The van der Waals surface area contributed by atoms with E-state index in [0.717, 1.165) is 22.7 Å². The normalized spacial score (nSPS) is 12.0. The van der Waals surface area contributed by atoms with Gasteiger partial charge in [0.1, 0.15) is 5.82 Å². The molecule has 1 aromatic heterocycles. The number of rotatable bonds is 4. The monoisotopic (exact) mass is 393 g/mol. The number of hydrogen-bond donors (Lipinski definition) is 0. The van der Waals surface area contributed by atoms with Crippen molar-refractivity contribution in [3.8, 4) is 0 Å². The van der Waals surface area contributed by atoms with Crippen molar-refractivity contribution in [3.05, 3.63) is 70.7 Å². The van der Waals surface area contributed by atoms with E-state index in [9.17, 15) is 22.4 Å². The number of nitrogens with zero attached hydrogens (tertiary/aromatic N) is 1. The minimum Gasteiger partial charge on any atom is -0.465 e. The number of fused-ring (bicyclic) bond motifs is 1. The molecule has 0 aliphatic rings. The zero-order chi connectivity index (χ0) is 20.6. The summed E-state index contributed by atoms with van der Waals surface area (Å²) in [5, 5.41) is 0.777. The first-order chi connectivity index (χ1) is 13.1. The van der Waals surface area contributed by atoms with Crippen LogP contribution in [0.15, 0.2) is 42.5 Å². The zero-order valence-corrected chi connectivity index (χ0v) is 15.6. The second-order valence-corrected chi connectivity index (χ2v) is 6.85. The molecule has 0 aliphatic carbocycles. The van der Waals surface area contributed by atoms with Crippen LogP contribution in [0, 0.1) is 5.82 Å². The molecule has 0 N–H and O–H groups in total. The lowest BCUT2D eigenvalue weighted by Gasteiger charge is -2.16. The standard InChI is InChI=1S/C21H19F4NO2/c1-12(2)26-17(9-13-4-6-16(11-18(13)22)21(23,24)25)10-15-8-14(20(27)28-3)5-7-19(15)26/h4-8,10-12H,9H2,1-3H3. The fourth-order valence-corrected chi connectivity index (χ4v) is 3.35. The van der Waals surface area contributed by atoms with E-state index in [2.05, 4.69) is 0 Å². The maximum atomic E-state index is 14.3. The minimum atomic E-state index is -4.59. The molecule has 0 atom stereocenters. The van der Waals surface area contributed by atoms with Crippen LogP contribution < -0.4 is 0 Å². The number of hydrogen-bond acceptors (Lipinski definition) is 2. The summed E-state index contributed by atoms with van der Waals surface area (Å²) in [6.45, 7) is 3.92. The fraction of sp³-hybridized carbons (Fsp3) is 0.286. The molecule has 28 heavy (non-hydrogen) atoms. The third kappa shape index (κ3) is 3.74. The Hall–Kier alpha value is -2.83. The lowest BCUT2D eigenvalue weighted by atomic mass is 10.1. The summed E-state index contributed by atoms with van der Waals surface area (Å²) in [4.78, 5) is 11.8. The minimum absolute atomic E-state index is 0.0361. The van der Waals surface area contributed by atoms with E-state index in [1.165, 1.54) is 13.2 Å². The van der Waals surface area contributed by atoms with Crippen LogP contribution in [0.3, 0.4) is 0 Å². The topological polar surface area (TPSA) is 31.2 Å². The van der Waals surface area contributed by atoms with Gasteiger partial charge in [0.05, 0.1) is 18.2 Å². The predicted molar refractivity (Wildman–Crippen MR) is 97.9 cm³/mol. The molecule has 0 aliphatic heterocycles. The highest BCUT2D eigenvalue weighted by molar-refractivity contribution is 5.95. The zero-order valence-electron chi connectivity index (χ0n) is 15.6. The van der Waals surface area contributed by atoms with E-state index in [1.54, 1.807) is 18.2 Å². The SMILES string of the molecule is COC(=O)c1ccc2c(c1)cc(Cc1ccc(C(F)(F)F)cc1F)n2C(C)C. The molecule has 3 nitrogen and oxygen atoms in total. The molecule has 0 saturated carbocycles. The van der Waals surface area contributed by atoms with Gasteiger partial charge in [-0.05, 0) is 55.8 Å². The highest BCUT2D eigenvalue weighted by Crippen LogP contribution is 2.32. The Morgan fingerprint density at radius 2 is 1.82 bits per heavy atom. The highest BCUT2D eigenvalue weighted by Gasteiger charge is 2.31. The van der Waals surface area contributed by atoms with Crippen LogP contribution in [-0.2, 0) is 17.3 Å². The van der Waals surface area contributed by atoms with Gasteiger partial charge in [-0.1, -0.05) is 6.07 Å². The molecule has 2 aromatic carbocycles. The van der Waals surface area contributed by atoms with E-state index in [4.69, 9.17) is 4.74 Å². The number of aromatic nitrogens is 1. The van der Waals surface area contributed by atoms with Gasteiger partial charge in [0.15, 0.2) is 0 Å². The lowest BCUT2D eigenvalue weighted by molar-refractivity contribution is -0.137. The fourth-order valence-electron chi connectivity index (χ4n) is 3.35. The first-order valence-electron chi connectivity index (χ1n) is 8.69. The number of methoxy groups -OCH3 is 1. The Morgan fingerprint density at radius 1 is 1.11 bits per heavy atom. The quantitative estimate of drug-likeness (QED) is 0.417. The van der Waals surface area contributed by atoms with Crippen molar-refractivity contribution in [1.82, 2.24) is 4.57 Å². The maximum absolute atomic E-state index is 14.3. The van der Waals surface area contributed by atoms with Crippen molar-refractivity contribution in [1.29, 1.82) is 0 Å². The van der Waals surface area contributed by atoms with Crippen LogP contribution in [0.25, 0.3) is 10.9 Å². The third-order valence-electron chi connectivity index (χ3n) is 4.61. The second kappa shape index (κ2) is 7.30. The maximum Gasteiger partial charge on any atom is 0.416 e. The molecule has 148 valence electrons. The molecule has 0 bridgehead atoms. The van der Waals surface area contributed by atoms with E-state index in [1.807, 2.05) is 24.5 Å². The summed E-state index contributed by atoms with van der Waals surface area (Å²) in [6.07, 6.45) is -4.46. The third-order valence-corrected chi connectivity index (χ3v) is 4.61. The summed E-state index contributed by atoms with van der Waals surface area (Å²) in [5.41, 5.74) is 1.14. The lowest BCUT2D eigenvalue weighted by Crippen LogP contribution is -2.09. The molecule has 3 aromatic rings. The van der Waals surface area contributed by atoms with Crippen LogP contribution in [0.2, 0.25) is 0 Å². The molecular formula is C21H19F4NO2. The second-order valence-electron chi connectivity index (χ2n) is 6.85. The van der Waals surface area contributed by atoms with Crippen molar-refractivity contribution >= 4 is 16.9 Å². The average Bonchev–Trinajstić information content (AvgIpc) is 2.98. The van der Waals surface area contributed by atoms with Gasteiger partial charge in [0.2, 0.25) is 0 Å². The van der Waals surface area contributed by atoms with Gasteiger partial charge in [-0.3, -0.25) is 0 Å². The van der Waals surface area contributed by atoms with E-state index in [-0.39, 0.29) is 18.0 Å². The van der Waals surface area contributed by atoms with Crippen LogP contribution in [-0.4, -0.2) is 17.6 Å². The molecule has 3 rings (SSSR count). The van der Waals surface area contributed by atoms with E-state index >= 15 is 0 Å². The summed E-state index contributed by atoms with van der Waals surface area (Å²) in [7, 11) is 1.30. The van der Waals surface area contributed by atoms with Crippen LogP contribution in [0.5, 0.6) is 0 Å². The van der Waals surface area contributed by atoms with Crippen molar-refractivity contribution in [2.75, 3.05) is 7.11 Å². The number of halogens is 4. The summed E-state index contributed by atoms with van der Waals surface area (Å²) in [5.74, 6) is -1.36. The number of esters is 1. The van der Waals surface area contributed by atoms with Gasteiger partial charge in [-0.15, -0.1) is 0 Å². The van der Waals surface area contributed by atoms with Gasteiger partial charge in [0.25, 0.3) is 0 Å². The number of carbonyl (C=O) groups excluding carboxylic acids is 1. The van der Waals surface area contributed by atoms with Crippen molar-refractivity contribution in [2.24, 2.45) is 0 Å². The van der Waals surface area contributed by atoms with Gasteiger partial charge in [-0.25, -0.2) is 9.18 Å². The Bertz CT molecular complexity index is 1030. The Balaban J connectivity index is 2.05. The van der Waals surface area contributed by atoms with E-state index < -0.39 is 23.5 Å². The summed E-state index contributed by atoms with van der Waals surface area (Å²) < 4.78 is 59.3. The first-order valence-corrected chi connectivity index (χ1v) is 8.69. The van der Waals surface area contributed by atoms with Gasteiger partial charge < -0.3 is 9.30 Å². The Morgan fingerprint density at radius 3 is 2.39 bits per heavy atom. The Labute approximate surface area is 159 Å².